The fourth-order valence-electron chi connectivity index (χ4n) is 2.28. The van der Waals surface area contributed by atoms with E-state index in [9.17, 15) is 4.79 Å². The third-order valence-electron chi connectivity index (χ3n) is 3.66. The molecule has 9 heteroatoms. The van der Waals surface area contributed by atoms with E-state index >= 15 is 0 Å². The molecule has 0 bridgehead atoms. The summed E-state index contributed by atoms with van der Waals surface area (Å²) in [5.41, 5.74) is 4.19. The van der Waals surface area contributed by atoms with Crippen LogP contribution in [0, 0.1) is 0 Å². The van der Waals surface area contributed by atoms with Gasteiger partial charge in [-0.25, -0.2) is 9.59 Å². The summed E-state index contributed by atoms with van der Waals surface area (Å²) in [6, 6.07) is 10.1. The van der Waals surface area contributed by atoms with E-state index in [-0.39, 0.29) is 18.1 Å². The molecule has 0 aliphatic carbocycles. The Morgan fingerprint density at radius 2 is 1.81 bits per heavy atom. The van der Waals surface area contributed by atoms with Crippen molar-refractivity contribution < 1.29 is 34.2 Å². The Morgan fingerprint density at radius 3 is 2.33 bits per heavy atom. The van der Waals surface area contributed by atoms with Gasteiger partial charge in [-0.15, -0.1) is 0 Å². The highest BCUT2D eigenvalue weighted by atomic mass is 16.6. The number of nitrogens with one attached hydrogen (secondary N) is 2. The number of carbonyl (C=O) groups is 3. The summed E-state index contributed by atoms with van der Waals surface area (Å²) in [6.45, 7) is 3.74. The monoisotopic (exact) mass is 382 g/mol. The maximum atomic E-state index is 11.7. The van der Waals surface area contributed by atoms with E-state index in [1.807, 2.05) is 37.3 Å². The van der Waals surface area contributed by atoms with Crippen molar-refractivity contribution in [3.8, 4) is 0 Å². The summed E-state index contributed by atoms with van der Waals surface area (Å²) in [5.74, 6) is -3.79. The number of rotatable bonds is 7. The van der Waals surface area contributed by atoms with E-state index in [0.717, 1.165) is 24.8 Å². The number of carbonyl (C=O) groups excluding carboxylic acids is 1. The van der Waals surface area contributed by atoms with Crippen LogP contribution in [0.5, 0.6) is 0 Å². The maximum absolute atomic E-state index is 11.7. The summed E-state index contributed by atoms with van der Waals surface area (Å²) in [7, 11) is 0. The Kier molecular flexibility index (Phi) is 10.7. The van der Waals surface area contributed by atoms with Crippen LogP contribution < -0.4 is 10.8 Å². The zero-order valence-corrected chi connectivity index (χ0v) is 15.2. The molecular weight excluding hydrogens is 356 g/mol. The highest BCUT2D eigenvalue weighted by Crippen LogP contribution is 2.10. The maximum Gasteiger partial charge on any atom is 0.414 e. The number of carboxylic acids is 2. The van der Waals surface area contributed by atoms with Crippen molar-refractivity contribution in [2.75, 3.05) is 13.2 Å². The molecule has 0 amide bonds. The topological polar surface area (TPSA) is 134 Å². The summed E-state index contributed by atoms with van der Waals surface area (Å²) in [6.07, 6.45) is 2.53. The molecule has 0 aromatic heterocycles. The van der Waals surface area contributed by atoms with Crippen molar-refractivity contribution in [1.82, 2.24) is 10.8 Å². The highest BCUT2D eigenvalue weighted by Gasteiger charge is 2.26. The largest absolute Gasteiger partial charge is 0.473 e. The van der Waals surface area contributed by atoms with Crippen molar-refractivity contribution in [2.45, 2.75) is 44.9 Å². The van der Waals surface area contributed by atoms with Gasteiger partial charge in [-0.1, -0.05) is 37.3 Å². The first-order valence-electron chi connectivity index (χ1n) is 8.71. The molecule has 1 saturated heterocycles. The molecule has 0 spiro atoms. The van der Waals surface area contributed by atoms with Crippen LogP contribution in [0.1, 0.15) is 31.7 Å². The van der Waals surface area contributed by atoms with Crippen LogP contribution in [-0.4, -0.2) is 53.4 Å². The number of hydrogen-bond acceptors (Lipinski definition) is 7. The molecule has 0 unspecified atom stereocenters. The van der Waals surface area contributed by atoms with Gasteiger partial charge in [0.25, 0.3) is 0 Å². The number of ether oxygens (including phenoxy) is 1. The van der Waals surface area contributed by atoms with Gasteiger partial charge in [-0.2, -0.15) is 5.48 Å². The first kappa shape index (κ1) is 22.6. The minimum atomic E-state index is -1.82. The molecule has 0 saturated carbocycles. The van der Waals surface area contributed by atoms with Gasteiger partial charge in [0, 0.05) is 12.6 Å². The molecule has 27 heavy (non-hydrogen) atoms. The lowest BCUT2D eigenvalue weighted by Gasteiger charge is -2.28. The molecule has 1 fully saturated rings. The van der Waals surface area contributed by atoms with E-state index in [0.29, 0.717) is 19.8 Å². The lowest BCUT2D eigenvalue weighted by Crippen LogP contribution is -2.51. The standard InChI is InChI=1S/C16H24N2O3.C2H2O4/c1-2-10-20-16(19)15-9-8-14(11-17-15)18-21-12-13-6-4-3-5-7-13;3-1(4)2(5)6/h3-7,14-15,17-18H,2,8-12H2,1H3;(H,3,4)(H,5,6)/t14-,15+;/m1./s1. The molecule has 1 aliphatic heterocycles. The van der Waals surface area contributed by atoms with Gasteiger partial charge in [0.15, 0.2) is 0 Å². The fourth-order valence-corrected chi connectivity index (χ4v) is 2.28. The molecule has 9 nitrogen and oxygen atoms in total. The van der Waals surface area contributed by atoms with Crippen molar-refractivity contribution in [3.63, 3.8) is 0 Å². The predicted octanol–water partition coefficient (Wildman–Crippen LogP) is 0.937. The van der Waals surface area contributed by atoms with Crippen LogP contribution in [0.3, 0.4) is 0 Å². The Hall–Kier alpha value is -2.49. The SMILES string of the molecule is CCCOC(=O)[C@@H]1CC[C@@H](NOCc2ccccc2)CN1.O=C(O)C(=O)O. The minimum Gasteiger partial charge on any atom is -0.473 e. The molecule has 4 N–H and O–H groups in total. The number of hydroxylamine groups is 1. The molecule has 1 aromatic carbocycles. The fraction of sp³-hybridized carbons (Fsp3) is 0.500. The van der Waals surface area contributed by atoms with Crippen LogP contribution in [-0.2, 0) is 30.6 Å². The van der Waals surface area contributed by atoms with Crippen molar-refractivity contribution in [1.29, 1.82) is 0 Å². The second kappa shape index (κ2) is 12.8. The first-order valence-corrected chi connectivity index (χ1v) is 8.71. The van der Waals surface area contributed by atoms with E-state index in [2.05, 4.69) is 10.8 Å². The zero-order chi connectivity index (χ0) is 20.1. The number of hydrogen-bond donors (Lipinski definition) is 4. The third-order valence-corrected chi connectivity index (χ3v) is 3.66. The van der Waals surface area contributed by atoms with E-state index in [1.54, 1.807) is 0 Å². The van der Waals surface area contributed by atoms with Crippen LogP contribution in [0.4, 0.5) is 0 Å². The van der Waals surface area contributed by atoms with Gasteiger partial charge in [0.2, 0.25) is 0 Å². The van der Waals surface area contributed by atoms with E-state index in [1.165, 1.54) is 0 Å². The average Bonchev–Trinajstić information content (AvgIpc) is 2.68. The van der Waals surface area contributed by atoms with Gasteiger partial charge in [0.1, 0.15) is 6.04 Å². The summed E-state index contributed by atoms with van der Waals surface area (Å²) in [5, 5.41) is 18.0. The Morgan fingerprint density at radius 1 is 1.15 bits per heavy atom. The molecule has 1 heterocycles. The Labute approximate surface area is 157 Å². The lowest BCUT2D eigenvalue weighted by molar-refractivity contribution is -0.159. The summed E-state index contributed by atoms with van der Waals surface area (Å²) in [4.78, 5) is 35.4. The van der Waals surface area contributed by atoms with Crippen molar-refractivity contribution in [3.05, 3.63) is 35.9 Å². The van der Waals surface area contributed by atoms with Gasteiger partial charge in [0.05, 0.1) is 13.2 Å². The van der Waals surface area contributed by atoms with Gasteiger partial charge < -0.3 is 20.3 Å². The van der Waals surface area contributed by atoms with Gasteiger partial charge in [-0.3, -0.25) is 9.63 Å². The molecule has 1 aliphatic rings. The van der Waals surface area contributed by atoms with E-state index in [4.69, 9.17) is 29.4 Å². The number of carboxylic acid groups (broad SMARTS) is 2. The third kappa shape index (κ3) is 9.69. The van der Waals surface area contributed by atoms with Crippen LogP contribution in [0.25, 0.3) is 0 Å². The molecular formula is C18H26N2O7. The molecule has 1 aromatic rings. The number of esters is 1. The molecule has 0 radical (unpaired) electrons. The minimum absolute atomic E-state index is 0.138. The normalized spacial score (nSPS) is 18.7. The Bertz CT molecular complexity index is 575. The first-order chi connectivity index (χ1) is 12.9. The van der Waals surface area contributed by atoms with Crippen LogP contribution in [0.2, 0.25) is 0 Å². The molecule has 150 valence electrons. The van der Waals surface area contributed by atoms with Gasteiger partial charge in [-0.05, 0) is 24.8 Å². The molecule has 2 rings (SSSR count). The Balaban J connectivity index is 0.000000527. The number of aliphatic carboxylic acids is 2. The second-order valence-electron chi connectivity index (χ2n) is 5.91. The number of benzene rings is 1. The zero-order valence-electron chi connectivity index (χ0n) is 15.2. The summed E-state index contributed by atoms with van der Waals surface area (Å²) < 4.78 is 5.15. The summed E-state index contributed by atoms with van der Waals surface area (Å²) >= 11 is 0. The van der Waals surface area contributed by atoms with E-state index < -0.39 is 11.9 Å². The van der Waals surface area contributed by atoms with Gasteiger partial charge >= 0.3 is 17.9 Å². The number of piperidine rings is 1. The van der Waals surface area contributed by atoms with Crippen molar-refractivity contribution in [2.24, 2.45) is 0 Å². The second-order valence-corrected chi connectivity index (χ2v) is 5.91. The highest BCUT2D eigenvalue weighted by molar-refractivity contribution is 6.27. The van der Waals surface area contributed by atoms with Crippen LogP contribution in [0.15, 0.2) is 30.3 Å². The molecule has 2 atom stereocenters. The predicted molar refractivity (Wildman–Crippen MR) is 95.7 cm³/mol. The lowest BCUT2D eigenvalue weighted by atomic mass is 10.0. The van der Waals surface area contributed by atoms with Crippen molar-refractivity contribution >= 4 is 17.9 Å². The average molecular weight is 382 g/mol. The van der Waals surface area contributed by atoms with Crippen LogP contribution >= 0.6 is 0 Å². The quantitative estimate of drug-likeness (QED) is 0.309. The smallest absolute Gasteiger partial charge is 0.414 e.